The summed E-state index contributed by atoms with van der Waals surface area (Å²) in [5.41, 5.74) is 3.72. The number of hydrogen-bond donors (Lipinski definition) is 0. The van der Waals surface area contributed by atoms with E-state index in [1.54, 1.807) is 6.33 Å². The number of anilines is 1. The van der Waals surface area contributed by atoms with E-state index >= 15 is 0 Å². The minimum Gasteiger partial charge on any atom is -0.370 e. The average molecular weight is 316 g/mol. The van der Waals surface area contributed by atoms with Gasteiger partial charge < -0.3 is 9.64 Å². The molecule has 0 bridgehead atoms. The Labute approximate surface area is 135 Å². The molecule has 2 heterocycles. The first-order valence-electron chi connectivity index (χ1n) is 7.76. The molecule has 1 aromatic heterocycles. The first kappa shape index (κ1) is 14.0. The van der Waals surface area contributed by atoms with E-state index in [9.17, 15) is 0 Å². The highest BCUT2D eigenvalue weighted by Crippen LogP contribution is 2.31. The molecule has 2 aromatic rings. The van der Waals surface area contributed by atoms with Gasteiger partial charge in [0, 0.05) is 29.4 Å². The smallest absolute Gasteiger partial charge is 0.135 e. The van der Waals surface area contributed by atoms with Gasteiger partial charge in [0.1, 0.15) is 18.2 Å². The van der Waals surface area contributed by atoms with E-state index < -0.39 is 0 Å². The average Bonchev–Trinajstić information content (AvgIpc) is 3.04. The molecule has 1 aliphatic carbocycles. The topological polar surface area (TPSA) is 38.2 Å². The SMILES string of the molecule is Clc1ccc([C@H]2CN(c3ncnc4c3CCC4)CCO2)cc1. The summed E-state index contributed by atoms with van der Waals surface area (Å²) < 4.78 is 5.95. The lowest BCUT2D eigenvalue weighted by Crippen LogP contribution is -2.39. The highest BCUT2D eigenvalue weighted by Gasteiger charge is 2.27. The zero-order valence-electron chi connectivity index (χ0n) is 12.3. The van der Waals surface area contributed by atoms with Crippen LogP contribution in [0.4, 0.5) is 5.82 Å². The molecule has 4 rings (SSSR count). The fourth-order valence-electron chi connectivity index (χ4n) is 3.34. The van der Waals surface area contributed by atoms with Crippen molar-refractivity contribution in [3.05, 3.63) is 52.4 Å². The van der Waals surface area contributed by atoms with Gasteiger partial charge in [-0.2, -0.15) is 0 Å². The molecule has 22 heavy (non-hydrogen) atoms. The third kappa shape index (κ3) is 2.57. The molecule has 0 saturated carbocycles. The fraction of sp³-hybridized carbons (Fsp3) is 0.412. The van der Waals surface area contributed by atoms with Gasteiger partial charge in [0.05, 0.1) is 6.61 Å². The Morgan fingerprint density at radius 3 is 2.86 bits per heavy atom. The van der Waals surface area contributed by atoms with E-state index in [0.717, 1.165) is 36.8 Å². The number of nitrogens with zero attached hydrogens (tertiary/aromatic N) is 3. The first-order chi connectivity index (χ1) is 10.8. The predicted molar refractivity (Wildman–Crippen MR) is 86.4 cm³/mol. The third-order valence-electron chi connectivity index (χ3n) is 4.46. The molecule has 1 aromatic carbocycles. The summed E-state index contributed by atoms with van der Waals surface area (Å²) in [7, 11) is 0. The summed E-state index contributed by atoms with van der Waals surface area (Å²) in [5.74, 6) is 1.10. The Bertz CT molecular complexity index is 674. The van der Waals surface area contributed by atoms with Crippen molar-refractivity contribution >= 4 is 17.4 Å². The van der Waals surface area contributed by atoms with Crippen molar-refractivity contribution in [2.75, 3.05) is 24.6 Å². The number of fused-ring (bicyclic) bond motifs is 1. The van der Waals surface area contributed by atoms with Crippen molar-refractivity contribution in [1.82, 2.24) is 9.97 Å². The van der Waals surface area contributed by atoms with Crippen LogP contribution in [0.3, 0.4) is 0 Å². The maximum absolute atomic E-state index is 5.97. The van der Waals surface area contributed by atoms with Gasteiger partial charge in [0.25, 0.3) is 0 Å². The molecule has 1 fully saturated rings. The minimum atomic E-state index is 0.0676. The Kier molecular flexibility index (Phi) is 3.72. The monoisotopic (exact) mass is 315 g/mol. The summed E-state index contributed by atoms with van der Waals surface area (Å²) in [6, 6.07) is 7.92. The largest absolute Gasteiger partial charge is 0.370 e. The van der Waals surface area contributed by atoms with Crippen LogP contribution in [0.1, 0.15) is 29.3 Å². The predicted octanol–water partition coefficient (Wildman–Crippen LogP) is 3.20. The zero-order valence-corrected chi connectivity index (χ0v) is 13.1. The number of hydrogen-bond acceptors (Lipinski definition) is 4. The van der Waals surface area contributed by atoms with Gasteiger partial charge in [0.2, 0.25) is 0 Å². The zero-order chi connectivity index (χ0) is 14.9. The quantitative estimate of drug-likeness (QED) is 0.853. The summed E-state index contributed by atoms with van der Waals surface area (Å²) in [4.78, 5) is 11.3. The lowest BCUT2D eigenvalue weighted by atomic mass is 10.1. The molecular weight excluding hydrogens is 298 g/mol. The lowest BCUT2D eigenvalue weighted by molar-refractivity contribution is 0.0394. The fourth-order valence-corrected chi connectivity index (χ4v) is 3.46. The molecule has 2 aliphatic rings. The normalized spacial score (nSPS) is 21.0. The van der Waals surface area contributed by atoms with Crippen LogP contribution in [-0.4, -0.2) is 29.7 Å². The second-order valence-electron chi connectivity index (χ2n) is 5.83. The number of morpholine rings is 1. The number of benzene rings is 1. The molecule has 0 N–H and O–H groups in total. The van der Waals surface area contributed by atoms with Crippen molar-refractivity contribution in [2.24, 2.45) is 0 Å². The molecule has 4 nitrogen and oxygen atoms in total. The maximum atomic E-state index is 5.97. The summed E-state index contributed by atoms with van der Waals surface area (Å²) in [6.07, 6.45) is 5.13. The van der Waals surface area contributed by atoms with E-state index in [-0.39, 0.29) is 6.10 Å². The van der Waals surface area contributed by atoms with Gasteiger partial charge in [-0.05, 0) is 37.0 Å². The van der Waals surface area contributed by atoms with Crippen molar-refractivity contribution in [3.63, 3.8) is 0 Å². The van der Waals surface area contributed by atoms with E-state index in [1.165, 1.54) is 23.2 Å². The van der Waals surface area contributed by atoms with Gasteiger partial charge in [-0.15, -0.1) is 0 Å². The van der Waals surface area contributed by atoms with Crippen LogP contribution in [0, 0.1) is 0 Å². The standard InChI is InChI=1S/C17H18ClN3O/c18-13-6-4-12(5-7-13)16-10-21(8-9-22-16)17-14-2-1-3-15(14)19-11-20-17/h4-7,11,16H,1-3,8-10H2/t16-/m1/s1. The van der Waals surface area contributed by atoms with Gasteiger partial charge >= 0.3 is 0 Å². The van der Waals surface area contributed by atoms with Crippen LogP contribution in [0.5, 0.6) is 0 Å². The molecule has 0 unspecified atom stereocenters. The number of ether oxygens (including phenoxy) is 1. The third-order valence-corrected chi connectivity index (χ3v) is 4.71. The van der Waals surface area contributed by atoms with Crippen LogP contribution in [0.25, 0.3) is 0 Å². The molecule has 0 spiro atoms. The summed E-state index contributed by atoms with van der Waals surface area (Å²) >= 11 is 5.97. The lowest BCUT2D eigenvalue weighted by Gasteiger charge is -2.34. The van der Waals surface area contributed by atoms with Crippen molar-refractivity contribution in [1.29, 1.82) is 0 Å². The Balaban J connectivity index is 1.59. The minimum absolute atomic E-state index is 0.0676. The van der Waals surface area contributed by atoms with Crippen molar-refractivity contribution in [3.8, 4) is 0 Å². The number of halogens is 1. The molecule has 1 atom stereocenters. The first-order valence-corrected chi connectivity index (χ1v) is 8.14. The molecule has 0 amide bonds. The van der Waals surface area contributed by atoms with Crippen molar-refractivity contribution < 1.29 is 4.74 Å². The molecule has 114 valence electrons. The van der Waals surface area contributed by atoms with Crippen LogP contribution in [0.2, 0.25) is 5.02 Å². The van der Waals surface area contributed by atoms with Crippen LogP contribution >= 0.6 is 11.6 Å². The highest BCUT2D eigenvalue weighted by atomic mass is 35.5. The number of aromatic nitrogens is 2. The second kappa shape index (κ2) is 5.86. The molecular formula is C17H18ClN3O. The number of aryl methyl sites for hydroxylation is 1. The Morgan fingerprint density at radius 1 is 1.14 bits per heavy atom. The second-order valence-corrected chi connectivity index (χ2v) is 6.27. The highest BCUT2D eigenvalue weighted by molar-refractivity contribution is 6.30. The summed E-state index contributed by atoms with van der Waals surface area (Å²) in [5, 5.41) is 0.755. The molecule has 1 saturated heterocycles. The van der Waals surface area contributed by atoms with E-state index in [1.807, 2.05) is 24.3 Å². The Morgan fingerprint density at radius 2 is 2.00 bits per heavy atom. The van der Waals surface area contributed by atoms with Crippen LogP contribution < -0.4 is 4.90 Å². The number of rotatable bonds is 2. The molecule has 0 radical (unpaired) electrons. The molecule has 5 heteroatoms. The van der Waals surface area contributed by atoms with Gasteiger partial charge in [-0.3, -0.25) is 0 Å². The van der Waals surface area contributed by atoms with E-state index in [2.05, 4.69) is 14.9 Å². The van der Waals surface area contributed by atoms with Crippen molar-refractivity contribution in [2.45, 2.75) is 25.4 Å². The van der Waals surface area contributed by atoms with Crippen LogP contribution in [0.15, 0.2) is 30.6 Å². The van der Waals surface area contributed by atoms with Gasteiger partial charge in [-0.1, -0.05) is 23.7 Å². The Hall–Kier alpha value is -1.65. The summed E-state index contributed by atoms with van der Waals surface area (Å²) in [6.45, 7) is 2.42. The van der Waals surface area contributed by atoms with Gasteiger partial charge in [-0.25, -0.2) is 9.97 Å². The van der Waals surface area contributed by atoms with E-state index in [0.29, 0.717) is 6.61 Å². The molecule has 1 aliphatic heterocycles. The van der Waals surface area contributed by atoms with Crippen LogP contribution in [-0.2, 0) is 17.6 Å². The maximum Gasteiger partial charge on any atom is 0.135 e. The van der Waals surface area contributed by atoms with Gasteiger partial charge in [0.15, 0.2) is 0 Å². The van der Waals surface area contributed by atoms with E-state index in [4.69, 9.17) is 16.3 Å².